The van der Waals surface area contributed by atoms with Gasteiger partial charge in [-0.2, -0.15) is 0 Å². The van der Waals surface area contributed by atoms with Gasteiger partial charge in [-0.15, -0.1) is 0 Å². The van der Waals surface area contributed by atoms with Gasteiger partial charge in [0.05, 0.1) is 12.0 Å². The molecule has 0 fully saturated rings. The lowest BCUT2D eigenvalue weighted by Gasteiger charge is -2.17. The second-order valence-electron chi connectivity index (χ2n) is 5.17. The number of esters is 1. The highest BCUT2D eigenvalue weighted by molar-refractivity contribution is 5.92. The molecular weight excluding hydrogens is 326 g/mol. The van der Waals surface area contributed by atoms with Crippen molar-refractivity contribution in [3.8, 4) is 0 Å². The summed E-state index contributed by atoms with van der Waals surface area (Å²) in [5, 5.41) is 15.7. The summed E-state index contributed by atoms with van der Waals surface area (Å²) in [5.74, 6) is -0.567. The van der Waals surface area contributed by atoms with Crippen LogP contribution in [0.4, 0.5) is 16.2 Å². The number of nitro benzene ring substituents is 1. The molecule has 2 amide bonds. The summed E-state index contributed by atoms with van der Waals surface area (Å²) < 4.78 is 4.72. The predicted molar refractivity (Wildman–Crippen MR) is 91.2 cm³/mol. The molecule has 1 atom stereocenters. The van der Waals surface area contributed by atoms with Crippen LogP contribution in [0.5, 0.6) is 0 Å². The van der Waals surface area contributed by atoms with Gasteiger partial charge in [0.2, 0.25) is 0 Å². The second-order valence-corrected chi connectivity index (χ2v) is 5.17. The zero-order chi connectivity index (χ0) is 18.2. The van der Waals surface area contributed by atoms with Gasteiger partial charge in [0, 0.05) is 24.2 Å². The summed E-state index contributed by atoms with van der Waals surface area (Å²) in [4.78, 5) is 34.1. The van der Waals surface area contributed by atoms with E-state index >= 15 is 0 Å². The molecule has 2 rings (SSSR count). The lowest BCUT2D eigenvalue weighted by atomic mass is 10.1. The fourth-order valence-electron chi connectivity index (χ4n) is 2.18. The number of hydrogen-bond donors (Lipinski definition) is 2. The fourth-order valence-corrected chi connectivity index (χ4v) is 2.18. The number of hydrogen-bond acceptors (Lipinski definition) is 5. The molecule has 25 heavy (non-hydrogen) atoms. The number of methoxy groups -OCH3 is 1. The zero-order valence-electron chi connectivity index (χ0n) is 13.5. The van der Waals surface area contributed by atoms with E-state index in [0.29, 0.717) is 5.69 Å². The van der Waals surface area contributed by atoms with E-state index in [2.05, 4.69) is 10.6 Å². The number of urea groups is 1. The second kappa shape index (κ2) is 8.44. The van der Waals surface area contributed by atoms with Gasteiger partial charge >= 0.3 is 12.0 Å². The average Bonchev–Trinajstić information content (AvgIpc) is 2.61. The van der Waals surface area contributed by atoms with E-state index in [1.807, 2.05) is 30.3 Å². The van der Waals surface area contributed by atoms with Crippen LogP contribution in [-0.4, -0.2) is 30.1 Å². The molecule has 2 aromatic carbocycles. The number of ether oxygens (including phenoxy) is 1. The Morgan fingerprint density at radius 2 is 1.76 bits per heavy atom. The summed E-state index contributed by atoms with van der Waals surface area (Å²) >= 11 is 0. The Morgan fingerprint density at radius 3 is 2.32 bits per heavy atom. The molecule has 0 spiro atoms. The Bertz CT molecular complexity index is 747. The van der Waals surface area contributed by atoms with Gasteiger partial charge in [-0.25, -0.2) is 9.59 Å². The van der Waals surface area contributed by atoms with Crippen molar-refractivity contribution in [3.05, 3.63) is 70.3 Å². The topological polar surface area (TPSA) is 111 Å². The van der Waals surface area contributed by atoms with Crippen molar-refractivity contribution in [2.45, 2.75) is 12.5 Å². The molecule has 0 saturated carbocycles. The van der Waals surface area contributed by atoms with E-state index in [4.69, 9.17) is 4.74 Å². The van der Waals surface area contributed by atoms with E-state index in [9.17, 15) is 19.7 Å². The van der Waals surface area contributed by atoms with E-state index in [1.54, 1.807) is 0 Å². The molecule has 2 aromatic rings. The molecule has 1 unspecified atom stereocenters. The van der Waals surface area contributed by atoms with Gasteiger partial charge in [-0.1, -0.05) is 30.3 Å². The van der Waals surface area contributed by atoms with Crippen LogP contribution in [0.2, 0.25) is 0 Å². The number of nitro groups is 1. The minimum absolute atomic E-state index is 0.0810. The monoisotopic (exact) mass is 343 g/mol. The van der Waals surface area contributed by atoms with Crippen LogP contribution in [0.15, 0.2) is 54.6 Å². The van der Waals surface area contributed by atoms with Gasteiger partial charge in [0.25, 0.3) is 5.69 Å². The highest BCUT2D eigenvalue weighted by atomic mass is 16.6. The van der Waals surface area contributed by atoms with Crippen LogP contribution in [0.3, 0.4) is 0 Å². The Balaban J connectivity index is 2.01. The molecule has 0 heterocycles. The largest absolute Gasteiger partial charge is 0.467 e. The van der Waals surface area contributed by atoms with E-state index in [1.165, 1.54) is 31.4 Å². The van der Waals surface area contributed by atoms with Crippen molar-refractivity contribution in [1.29, 1.82) is 0 Å². The Kier molecular flexibility index (Phi) is 6.05. The van der Waals surface area contributed by atoms with Crippen LogP contribution in [-0.2, 0) is 16.0 Å². The first-order valence-corrected chi connectivity index (χ1v) is 7.43. The molecule has 8 heteroatoms. The van der Waals surface area contributed by atoms with E-state index in [-0.39, 0.29) is 12.1 Å². The van der Waals surface area contributed by atoms with Crippen LogP contribution in [0.1, 0.15) is 5.56 Å². The summed E-state index contributed by atoms with van der Waals surface area (Å²) in [5.41, 5.74) is 1.16. The fraction of sp³-hybridized carbons (Fsp3) is 0.176. The number of carbonyl (C=O) groups excluding carboxylic acids is 2. The highest BCUT2D eigenvalue weighted by Crippen LogP contribution is 2.15. The maximum absolute atomic E-state index is 12.1. The first-order chi connectivity index (χ1) is 12.0. The van der Waals surface area contributed by atoms with Crippen molar-refractivity contribution in [3.63, 3.8) is 0 Å². The molecule has 0 aliphatic heterocycles. The lowest BCUT2D eigenvalue weighted by Crippen LogP contribution is -2.45. The molecule has 0 radical (unpaired) electrons. The van der Waals surface area contributed by atoms with Gasteiger partial charge in [-0.05, 0) is 17.7 Å². The minimum Gasteiger partial charge on any atom is -0.467 e. The summed E-state index contributed by atoms with van der Waals surface area (Å²) in [6, 6.07) is 13.1. The van der Waals surface area contributed by atoms with Crippen LogP contribution >= 0.6 is 0 Å². The third kappa shape index (κ3) is 5.31. The predicted octanol–water partition coefficient (Wildman–Crippen LogP) is 2.50. The number of amides is 2. The summed E-state index contributed by atoms with van der Waals surface area (Å²) in [6.07, 6.45) is 0.279. The summed E-state index contributed by atoms with van der Waals surface area (Å²) in [6.45, 7) is 0. The van der Waals surface area contributed by atoms with Crippen molar-refractivity contribution in [2.75, 3.05) is 12.4 Å². The molecule has 0 saturated heterocycles. The molecule has 0 aromatic heterocycles. The van der Waals surface area contributed by atoms with Crippen molar-refractivity contribution >= 4 is 23.4 Å². The first-order valence-electron chi connectivity index (χ1n) is 7.43. The van der Waals surface area contributed by atoms with Gasteiger partial charge < -0.3 is 15.4 Å². The molecule has 0 aliphatic rings. The molecule has 2 N–H and O–H groups in total. The molecular formula is C17H17N3O5. The smallest absolute Gasteiger partial charge is 0.328 e. The number of nitrogens with zero attached hydrogens (tertiary/aromatic N) is 1. The lowest BCUT2D eigenvalue weighted by molar-refractivity contribution is -0.384. The van der Waals surface area contributed by atoms with Crippen molar-refractivity contribution in [1.82, 2.24) is 5.32 Å². The molecule has 8 nitrogen and oxygen atoms in total. The average molecular weight is 343 g/mol. The standard InChI is InChI=1S/C17H17N3O5/c1-25-16(21)15(11-12-5-3-2-4-6-12)19-17(22)18-13-7-9-14(10-8-13)20(23)24/h2-10,15H,11H2,1H3,(H2,18,19,22). The maximum atomic E-state index is 12.1. The van der Waals surface area contributed by atoms with Gasteiger partial charge in [-0.3, -0.25) is 10.1 Å². The van der Waals surface area contributed by atoms with Crippen molar-refractivity contribution in [2.24, 2.45) is 0 Å². The normalized spacial score (nSPS) is 11.2. The number of anilines is 1. The van der Waals surface area contributed by atoms with Crippen LogP contribution in [0, 0.1) is 10.1 Å². The quantitative estimate of drug-likeness (QED) is 0.476. The Hall–Kier alpha value is -3.42. The van der Waals surface area contributed by atoms with Crippen LogP contribution in [0.25, 0.3) is 0 Å². The Labute approximate surface area is 144 Å². The van der Waals surface area contributed by atoms with E-state index < -0.39 is 23.0 Å². The third-order valence-corrected chi connectivity index (χ3v) is 3.41. The number of nitrogens with one attached hydrogen (secondary N) is 2. The first kappa shape index (κ1) is 17.9. The zero-order valence-corrected chi connectivity index (χ0v) is 13.5. The SMILES string of the molecule is COC(=O)C(Cc1ccccc1)NC(=O)Nc1ccc([N+](=O)[O-])cc1. The highest BCUT2D eigenvalue weighted by Gasteiger charge is 2.22. The maximum Gasteiger partial charge on any atom is 0.328 e. The van der Waals surface area contributed by atoms with Gasteiger partial charge in [0.15, 0.2) is 0 Å². The Morgan fingerprint density at radius 1 is 1.12 bits per heavy atom. The third-order valence-electron chi connectivity index (χ3n) is 3.41. The number of benzene rings is 2. The van der Waals surface area contributed by atoms with Gasteiger partial charge in [0.1, 0.15) is 6.04 Å². The van der Waals surface area contributed by atoms with Crippen LogP contribution < -0.4 is 10.6 Å². The van der Waals surface area contributed by atoms with Crippen molar-refractivity contribution < 1.29 is 19.2 Å². The summed E-state index contributed by atoms with van der Waals surface area (Å²) in [7, 11) is 1.25. The minimum atomic E-state index is -0.856. The molecule has 0 bridgehead atoms. The van der Waals surface area contributed by atoms with E-state index in [0.717, 1.165) is 5.56 Å². The molecule has 0 aliphatic carbocycles. The molecule has 130 valence electrons. The number of rotatable bonds is 6. The number of non-ortho nitro benzene ring substituents is 1. The number of carbonyl (C=O) groups is 2.